The van der Waals surface area contributed by atoms with E-state index in [9.17, 15) is 0 Å². The second-order valence-electron chi connectivity index (χ2n) is 3.76. The summed E-state index contributed by atoms with van der Waals surface area (Å²) in [4.78, 5) is 1.13. The van der Waals surface area contributed by atoms with Gasteiger partial charge < -0.3 is 5.73 Å². The molecule has 0 aliphatic carbocycles. The van der Waals surface area contributed by atoms with E-state index in [1.165, 1.54) is 11.1 Å². The van der Waals surface area contributed by atoms with Crippen LogP contribution in [0.15, 0.2) is 48.0 Å². The molecule has 3 rings (SSSR count). The van der Waals surface area contributed by atoms with Gasteiger partial charge in [-0.1, -0.05) is 30.3 Å². The van der Waals surface area contributed by atoms with Crippen molar-refractivity contribution in [2.75, 3.05) is 5.73 Å². The summed E-state index contributed by atoms with van der Waals surface area (Å²) in [7, 11) is 0. The molecule has 0 saturated carbocycles. The molecule has 0 fully saturated rings. The van der Waals surface area contributed by atoms with Crippen LogP contribution in [0.2, 0.25) is 0 Å². The predicted octanol–water partition coefficient (Wildman–Crippen LogP) is 3.39. The van der Waals surface area contributed by atoms with Gasteiger partial charge in [0.05, 0.1) is 11.8 Å². The molecular formula is C13H11N3S. The number of anilines is 1. The second-order valence-corrected chi connectivity index (χ2v) is 4.67. The average molecular weight is 241 g/mol. The minimum atomic E-state index is 0.617. The summed E-state index contributed by atoms with van der Waals surface area (Å²) in [6, 6.07) is 12.4. The molecule has 0 radical (unpaired) electrons. The highest BCUT2D eigenvalue weighted by Gasteiger charge is 2.08. The summed E-state index contributed by atoms with van der Waals surface area (Å²) >= 11 is 1.68. The highest BCUT2D eigenvalue weighted by atomic mass is 32.1. The number of nitrogens with one attached hydrogen (secondary N) is 1. The van der Waals surface area contributed by atoms with Crippen LogP contribution in [0.5, 0.6) is 0 Å². The van der Waals surface area contributed by atoms with Crippen molar-refractivity contribution in [3.8, 4) is 21.6 Å². The molecule has 3 nitrogen and oxygen atoms in total. The molecule has 0 bridgehead atoms. The normalized spacial score (nSPS) is 10.6. The van der Waals surface area contributed by atoms with Crippen molar-refractivity contribution in [3.63, 3.8) is 0 Å². The lowest BCUT2D eigenvalue weighted by Crippen LogP contribution is -1.85. The summed E-state index contributed by atoms with van der Waals surface area (Å²) in [5, 5.41) is 8.82. The van der Waals surface area contributed by atoms with Crippen molar-refractivity contribution in [3.05, 3.63) is 48.0 Å². The fourth-order valence-corrected chi connectivity index (χ4v) is 2.69. The van der Waals surface area contributed by atoms with Crippen LogP contribution in [0, 0.1) is 0 Å². The van der Waals surface area contributed by atoms with Gasteiger partial charge in [0.15, 0.2) is 0 Å². The maximum Gasteiger partial charge on any atom is 0.127 e. The fraction of sp³-hybridized carbons (Fsp3) is 0. The molecule has 2 heterocycles. The zero-order valence-electron chi connectivity index (χ0n) is 9.05. The SMILES string of the molecule is Nc1[nH]ncc1-c1cc(-c2ccccc2)cs1. The monoisotopic (exact) mass is 241 g/mol. The Morgan fingerprint density at radius 2 is 1.94 bits per heavy atom. The number of nitrogens with two attached hydrogens (primary N) is 1. The van der Waals surface area contributed by atoms with E-state index >= 15 is 0 Å². The average Bonchev–Trinajstić information content (AvgIpc) is 2.98. The zero-order chi connectivity index (χ0) is 11.7. The summed E-state index contributed by atoms with van der Waals surface area (Å²) in [5.41, 5.74) is 9.21. The Hall–Kier alpha value is -2.07. The predicted molar refractivity (Wildman–Crippen MR) is 71.7 cm³/mol. The van der Waals surface area contributed by atoms with Gasteiger partial charge >= 0.3 is 0 Å². The second kappa shape index (κ2) is 4.07. The first-order chi connectivity index (χ1) is 8.34. The third-order valence-corrected chi connectivity index (χ3v) is 3.60. The van der Waals surface area contributed by atoms with Gasteiger partial charge in [-0.25, -0.2) is 0 Å². The Balaban J connectivity index is 2.02. The lowest BCUT2D eigenvalue weighted by atomic mass is 10.1. The molecule has 0 amide bonds. The van der Waals surface area contributed by atoms with Crippen LogP contribution < -0.4 is 5.73 Å². The number of hydrogen-bond donors (Lipinski definition) is 2. The molecule has 3 aromatic rings. The minimum absolute atomic E-state index is 0.617. The molecule has 0 aliphatic rings. The Labute approximate surface area is 103 Å². The molecule has 2 aromatic heterocycles. The Kier molecular flexibility index (Phi) is 2.42. The molecule has 3 N–H and O–H groups in total. The number of rotatable bonds is 2. The molecule has 0 aliphatic heterocycles. The van der Waals surface area contributed by atoms with E-state index < -0.39 is 0 Å². The molecule has 0 unspecified atom stereocenters. The first-order valence-electron chi connectivity index (χ1n) is 5.28. The van der Waals surface area contributed by atoms with E-state index in [2.05, 4.69) is 33.8 Å². The maximum atomic E-state index is 5.81. The van der Waals surface area contributed by atoms with Gasteiger partial charge in [-0.05, 0) is 22.6 Å². The smallest absolute Gasteiger partial charge is 0.127 e. The van der Waals surface area contributed by atoms with Gasteiger partial charge in [-0.3, -0.25) is 5.10 Å². The van der Waals surface area contributed by atoms with Gasteiger partial charge in [-0.2, -0.15) is 5.10 Å². The third-order valence-electron chi connectivity index (χ3n) is 2.64. The minimum Gasteiger partial charge on any atom is -0.384 e. The maximum absolute atomic E-state index is 5.81. The van der Waals surface area contributed by atoms with Gasteiger partial charge in [-0.15, -0.1) is 11.3 Å². The summed E-state index contributed by atoms with van der Waals surface area (Å²) in [5.74, 6) is 0.617. The van der Waals surface area contributed by atoms with Crippen molar-refractivity contribution < 1.29 is 0 Å². The lowest BCUT2D eigenvalue weighted by Gasteiger charge is -1.95. The third kappa shape index (κ3) is 1.83. The number of aromatic amines is 1. The molecule has 0 saturated heterocycles. The van der Waals surface area contributed by atoms with Crippen LogP contribution in [-0.4, -0.2) is 10.2 Å². The summed E-state index contributed by atoms with van der Waals surface area (Å²) < 4.78 is 0. The summed E-state index contributed by atoms with van der Waals surface area (Å²) in [6.45, 7) is 0. The number of nitrogen functional groups attached to an aromatic ring is 1. The quantitative estimate of drug-likeness (QED) is 0.722. The van der Waals surface area contributed by atoms with Crippen LogP contribution in [0.1, 0.15) is 0 Å². The van der Waals surface area contributed by atoms with E-state index in [4.69, 9.17) is 5.73 Å². The largest absolute Gasteiger partial charge is 0.384 e. The number of aromatic nitrogens is 2. The number of thiophene rings is 1. The van der Waals surface area contributed by atoms with Crippen LogP contribution in [-0.2, 0) is 0 Å². The standard InChI is InChI=1S/C13H11N3S/c14-13-11(7-15-16-13)12-6-10(8-17-12)9-4-2-1-3-5-9/h1-8H,(H3,14,15,16). The highest BCUT2D eigenvalue weighted by molar-refractivity contribution is 7.14. The van der Waals surface area contributed by atoms with Gasteiger partial charge in [0.25, 0.3) is 0 Å². The van der Waals surface area contributed by atoms with Crippen molar-refractivity contribution >= 4 is 17.2 Å². The van der Waals surface area contributed by atoms with Crippen molar-refractivity contribution in [1.29, 1.82) is 0 Å². The van der Waals surface area contributed by atoms with Crippen molar-refractivity contribution in [2.24, 2.45) is 0 Å². The molecule has 0 spiro atoms. The van der Waals surface area contributed by atoms with Gasteiger partial charge in [0.2, 0.25) is 0 Å². The van der Waals surface area contributed by atoms with Crippen LogP contribution >= 0.6 is 11.3 Å². The van der Waals surface area contributed by atoms with Crippen LogP contribution in [0.4, 0.5) is 5.82 Å². The Bertz CT molecular complexity index is 625. The number of H-pyrrole nitrogens is 1. The van der Waals surface area contributed by atoms with E-state index in [1.807, 2.05) is 18.2 Å². The molecule has 0 atom stereocenters. The van der Waals surface area contributed by atoms with E-state index in [1.54, 1.807) is 17.5 Å². The van der Waals surface area contributed by atoms with Crippen molar-refractivity contribution in [1.82, 2.24) is 10.2 Å². The van der Waals surface area contributed by atoms with Crippen LogP contribution in [0.25, 0.3) is 21.6 Å². The first kappa shape index (κ1) is 10.1. The van der Waals surface area contributed by atoms with Crippen LogP contribution in [0.3, 0.4) is 0 Å². The zero-order valence-corrected chi connectivity index (χ0v) is 9.87. The molecule has 84 valence electrons. The number of nitrogens with zero attached hydrogens (tertiary/aromatic N) is 1. The highest BCUT2D eigenvalue weighted by Crippen LogP contribution is 2.34. The Morgan fingerprint density at radius 3 is 2.65 bits per heavy atom. The summed E-state index contributed by atoms with van der Waals surface area (Å²) in [6.07, 6.45) is 1.76. The molecule has 4 heteroatoms. The molecule has 1 aromatic carbocycles. The van der Waals surface area contributed by atoms with Crippen molar-refractivity contribution in [2.45, 2.75) is 0 Å². The van der Waals surface area contributed by atoms with E-state index in [0.29, 0.717) is 5.82 Å². The topological polar surface area (TPSA) is 54.7 Å². The lowest BCUT2D eigenvalue weighted by molar-refractivity contribution is 1.10. The fourth-order valence-electron chi connectivity index (χ4n) is 1.75. The van der Waals surface area contributed by atoms with Gasteiger partial charge in [0, 0.05) is 4.88 Å². The van der Waals surface area contributed by atoms with Gasteiger partial charge in [0.1, 0.15) is 5.82 Å². The van der Waals surface area contributed by atoms with E-state index in [-0.39, 0.29) is 0 Å². The first-order valence-corrected chi connectivity index (χ1v) is 6.16. The Morgan fingerprint density at radius 1 is 1.12 bits per heavy atom. The molecule has 17 heavy (non-hydrogen) atoms. The molecular weight excluding hydrogens is 230 g/mol. The van der Waals surface area contributed by atoms with E-state index in [0.717, 1.165) is 10.4 Å². The number of hydrogen-bond acceptors (Lipinski definition) is 3. The number of benzene rings is 1.